The van der Waals surface area contributed by atoms with Crippen molar-refractivity contribution in [1.29, 1.82) is 0 Å². The molecule has 1 amide bonds. The van der Waals surface area contributed by atoms with E-state index in [1.54, 1.807) is 31.4 Å². The molecular formula is C27H25N3O6. The van der Waals surface area contributed by atoms with E-state index in [0.29, 0.717) is 34.3 Å². The van der Waals surface area contributed by atoms with E-state index in [1.807, 2.05) is 24.3 Å². The maximum atomic E-state index is 12.4. The lowest BCUT2D eigenvalue weighted by atomic mass is 10.2. The van der Waals surface area contributed by atoms with E-state index in [4.69, 9.17) is 23.4 Å². The van der Waals surface area contributed by atoms with Crippen molar-refractivity contribution in [1.82, 2.24) is 9.99 Å². The van der Waals surface area contributed by atoms with Gasteiger partial charge >= 0.3 is 5.91 Å². The average molecular weight is 488 g/mol. The minimum Gasteiger partial charge on any atom is -0.493 e. The van der Waals surface area contributed by atoms with Gasteiger partial charge in [0, 0.05) is 22.6 Å². The molecule has 4 aromatic rings. The number of aryl methyl sites for hydroxylation is 2. The smallest absolute Gasteiger partial charge is 0.307 e. The van der Waals surface area contributed by atoms with Crippen LogP contribution in [-0.2, 0) is 6.61 Å². The number of aromatic nitrogens is 1. The molecule has 184 valence electrons. The summed E-state index contributed by atoms with van der Waals surface area (Å²) in [7, 11) is 1.54. The lowest BCUT2D eigenvalue weighted by Gasteiger charge is -2.10. The van der Waals surface area contributed by atoms with Crippen molar-refractivity contribution in [2.75, 3.05) is 13.9 Å². The van der Waals surface area contributed by atoms with Gasteiger partial charge in [-0.3, -0.25) is 4.79 Å². The molecule has 3 heterocycles. The molecular weight excluding hydrogens is 462 g/mol. The van der Waals surface area contributed by atoms with Gasteiger partial charge in [-0.25, -0.2) is 5.43 Å². The van der Waals surface area contributed by atoms with Crippen LogP contribution in [0.25, 0.3) is 5.69 Å². The first-order chi connectivity index (χ1) is 17.5. The van der Waals surface area contributed by atoms with Gasteiger partial charge in [0.2, 0.25) is 12.5 Å². The second-order valence-corrected chi connectivity index (χ2v) is 8.16. The highest BCUT2D eigenvalue weighted by Gasteiger charge is 2.19. The Kier molecular flexibility index (Phi) is 6.36. The number of benzene rings is 2. The van der Waals surface area contributed by atoms with Crippen LogP contribution in [-0.4, -0.2) is 30.6 Å². The van der Waals surface area contributed by atoms with Gasteiger partial charge in [0.05, 0.1) is 13.3 Å². The lowest BCUT2D eigenvalue weighted by Crippen LogP contribution is -2.16. The van der Waals surface area contributed by atoms with Gasteiger partial charge in [-0.1, -0.05) is 0 Å². The molecule has 0 spiro atoms. The average Bonchev–Trinajstić information content (AvgIpc) is 3.63. The number of methoxy groups -OCH3 is 1. The Balaban J connectivity index is 1.16. The summed E-state index contributed by atoms with van der Waals surface area (Å²) in [5, 5.41) is 3.99. The van der Waals surface area contributed by atoms with Gasteiger partial charge in [-0.05, 0) is 74.5 Å². The number of nitrogens with one attached hydrogen (secondary N) is 1. The SMILES string of the molecule is COc1cc(/C=N/NC(=O)c2ccc(COc3ccc(-n4c(C)ccc4C)cc3)o2)cc2c1OCO2. The van der Waals surface area contributed by atoms with Gasteiger partial charge in [-0.2, -0.15) is 5.10 Å². The number of carbonyl (C=O) groups excluding carboxylic acids is 1. The van der Waals surface area contributed by atoms with Crippen molar-refractivity contribution in [3.05, 3.63) is 89.1 Å². The molecule has 0 saturated carbocycles. The first kappa shape index (κ1) is 23.1. The maximum Gasteiger partial charge on any atom is 0.307 e. The fraction of sp³-hybridized carbons (Fsp3) is 0.185. The number of hydrogen-bond acceptors (Lipinski definition) is 7. The Labute approximate surface area is 207 Å². The van der Waals surface area contributed by atoms with Crippen LogP contribution in [0.2, 0.25) is 0 Å². The predicted octanol–water partition coefficient (Wildman–Crippen LogP) is 4.77. The fourth-order valence-corrected chi connectivity index (χ4v) is 3.94. The Bertz CT molecular complexity index is 1400. The molecule has 5 rings (SSSR count). The molecule has 0 atom stereocenters. The van der Waals surface area contributed by atoms with Crippen LogP contribution in [0.1, 0.15) is 33.3 Å². The molecule has 0 unspecified atom stereocenters. The van der Waals surface area contributed by atoms with Gasteiger partial charge < -0.3 is 27.9 Å². The van der Waals surface area contributed by atoms with E-state index in [-0.39, 0.29) is 19.2 Å². The fourth-order valence-electron chi connectivity index (χ4n) is 3.94. The summed E-state index contributed by atoms with van der Waals surface area (Å²) in [5.74, 6) is 2.50. The van der Waals surface area contributed by atoms with Crippen LogP contribution in [0.5, 0.6) is 23.0 Å². The summed E-state index contributed by atoms with van der Waals surface area (Å²) in [6.07, 6.45) is 1.48. The number of nitrogens with zero attached hydrogens (tertiary/aromatic N) is 2. The molecule has 1 aliphatic heterocycles. The number of amides is 1. The minimum atomic E-state index is -0.480. The molecule has 0 saturated heterocycles. The van der Waals surface area contributed by atoms with Crippen molar-refractivity contribution in [3.63, 3.8) is 0 Å². The summed E-state index contributed by atoms with van der Waals surface area (Å²) in [4.78, 5) is 12.4. The first-order valence-electron chi connectivity index (χ1n) is 11.3. The van der Waals surface area contributed by atoms with Gasteiger partial charge in [-0.15, -0.1) is 0 Å². The molecule has 9 nitrogen and oxygen atoms in total. The number of fused-ring (bicyclic) bond motifs is 1. The molecule has 0 radical (unpaired) electrons. The number of ether oxygens (including phenoxy) is 4. The van der Waals surface area contributed by atoms with Crippen LogP contribution in [0, 0.1) is 13.8 Å². The molecule has 36 heavy (non-hydrogen) atoms. The van der Waals surface area contributed by atoms with Gasteiger partial charge in [0.15, 0.2) is 17.3 Å². The minimum absolute atomic E-state index is 0.128. The monoisotopic (exact) mass is 487 g/mol. The van der Waals surface area contributed by atoms with Crippen molar-refractivity contribution in [2.45, 2.75) is 20.5 Å². The highest BCUT2D eigenvalue weighted by atomic mass is 16.7. The predicted molar refractivity (Wildman–Crippen MR) is 132 cm³/mol. The molecule has 9 heteroatoms. The van der Waals surface area contributed by atoms with Gasteiger partial charge in [0.1, 0.15) is 18.1 Å². The van der Waals surface area contributed by atoms with E-state index < -0.39 is 5.91 Å². The molecule has 0 bridgehead atoms. The third-order valence-electron chi connectivity index (χ3n) is 5.69. The Hall–Kier alpha value is -4.66. The number of hydrogen-bond donors (Lipinski definition) is 1. The van der Waals surface area contributed by atoms with Crippen molar-refractivity contribution < 1.29 is 28.2 Å². The first-order valence-corrected chi connectivity index (χ1v) is 11.3. The Morgan fingerprint density at radius 3 is 2.58 bits per heavy atom. The number of carbonyl (C=O) groups is 1. The molecule has 1 aliphatic rings. The summed E-state index contributed by atoms with van der Waals surface area (Å²) < 4.78 is 29.7. The van der Waals surface area contributed by atoms with Crippen molar-refractivity contribution in [2.24, 2.45) is 5.10 Å². The summed E-state index contributed by atoms with van der Waals surface area (Å²) >= 11 is 0. The Morgan fingerprint density at radius 2 is 1.83 bits per heavy atom. The maximum absolute atomic E-state index is 12.4. The standard InChI is InChI=1S/C27H25N3O6/c1-17-4-5-18(2)30(17)20-6-8-21(9-7-20)33-15-22-10-11-23(36-22)27(31)29-28-14-19-12-24(32-3)26-25(13-19)34-16-35-26/h4-14H,15-16H2,1-3H3,(H,29,31)/b28-14+. The number of furan rings is 1. The molecule has 2 aromatic heterocycles. The van der Waals surface area contributed by atoms with E-state index in [2.05, 4.69) is 41.1 Å². The number of rotatable bonds is 8. The lowest BCUT2D eigenvalue weighted by molar-refractivity contribution is 0.0923. The largest absolute Gasteiger partial charge is 0.493 e. The highest BCUT2D eigenvalue weighted by Crippen LogP contribution is 2.41. The molecule has 1 N–H and O–H groups in total. The van der Waals surface area contributed by atoms with Crippen LogP contribution < -0.4 is 24.4 Å². The second kappa shape index (κ2) is 9.91. The highest BCUT2D eigenvalue weighted by molar-refractivity contribution is 5.92. The summed E-state index contributed by atoms with van der Waals surface area (Å²) in [6, 6.07) is 18.8. The van der Waals surface area contributed by atoms with Crippen LogP contribution in [0.15, 0.2) is 70.2 Å². The summed E-state index contributed by atoms with van der Waals surface area (Å²) in [6.45, 7) is 4.46. The van der Waals surface area contributed by atoms with Crippen LogP contribution >= 0.6 is 0 Å². The number of hydrazone groups is 1. The third-order valence-corrected chi connectivity index (χ3v) is 5.69. The van der Waals surface area contributed by atoms with Crippen molar-refractivity contribution >= 4 is 12.1 Å². The van der Waals surface area contributed by atoms with Gasteiger partial charge in [0.25, 0.3) is 0 Å². The van der Waals surface area contributed by atoms with E-state index in [1.165, 1.54) is 17.6 Å². The van der Waals surface area contributed by atoms with E-state index in [0.717, 1.165) is 5.69 Å². The van der Waals surface area contributed by atoms with Crippen LogP contribution in [0.4, 0.5) is 0 Å². The van der Waals surface area contributed by atoms with Crippen molar-refractivity contribution in [3.8, 4) is 28.7 Å². The second-order valence-electron chi connectivity index (χ2n) is 8.16. The zero-order valence-electron chi connectivity index (χ0n) is 20.1. The molecule has 0 aliphatic carbocycles. The quantitative estimate of drug-likeness (QED) is 0.284. The van der Waals surface area contributed by atoms with E-state index >= 15 is 0 Å². The molecule has 2 aromatic carbocycles. The zero-order chi connectivity index (χ0) is 25.1. The van der Waals surface area contributed by atoms with Crippen LogP contribution in [0.3, 0.4) is 0 Å². The third kappa shape index (κ3) is 4.76. The zero-order valence-corrected chi connectivity index (χ0v) is 20.1. The van der Waals surface area contributed by atoms with E-state index in [9.17, 15) is 4.79 Å². The Morgan fingerprint density at radius 1 is 1.06 bits per heavy atom. The normalized spacial score (nSPS) is 12.2. The topological polar surface area (TPSA) is 96.5 Å². The summed E-state index contributed by atoms with van der Waals surface area (Å²) in [5.41, 5.74) is 6.53. The molecule has 0 fully saturated rings.